The first-order valence-electron chi connectivity index (χ1n) is 4.65. The minimum atomic E-state index is -0.0591. The Balaban J connectivity index is 2.39. The number of hydrogen-bond donors (Lipinski definition) is 1. The predicted molar refractivity (Wildman–Crippen MR) is 50.8 cm³/mol. The Morgan fingerprint density at radius 1 is 1.25 bits per heavy atom. The zero-order valence-corrected chi connectivity index (χ0v) is 8.08. The Morgan fingerprint density at radius 2 is 1.75 bits per heavy atom. The lowest BCUT2D eigenvalue weighted by atomic mass is 9.85. The minimum Gasteiger partial charge on any atom is -0.393 e. The molecule has 0 radical (unpaired) electrons. The van der Waals surface area contributed by atoms with Gasteiger partial charge in [-0.15, -0.1) is 0 Å². The number of aliphatic hydroxyl groups is 1. The second-order valence-corrected chi connectivity index (χ2v) is 3.89. The Bertz CT molecular complexity index is 157. The molecule has 1 fully saturated rings. The summed E-state index contributed by atoms with van der Waals surface area (Å²) in [6.07, 6.45) is 4.02. The van der Waals surface area contributed by atoms with Crippen molar-refractivity contribution >= 4 is 0 Å². The first-order chi connectivity index (χ1) is 5.61. The highest BCUT2D eigenvalue weighted by Crippen LogP contribution is 2.29. The van der Waals surface area contributed by atoms with Gasteiger partial charge >= 0.3 is 0 Å². The third-order valence-electron chi connectivity index (χ3n) is 2.74. The van der Waals surface area contributed by atoms with E-state index in [9.17, 15) is 5.11 Å². The molecule has 1 rings (SSSR count). The van der Waals surface area contributed by atoms with Crippen LogP contribution in [-0.2, 0) is 0 Å². The molecule has 0 aromatic carbocycles. The van der Waals surface area contributed by atoms with Crippen LogP contribution in [0.2, 0.25) is 0 Å². The molecule has 1 aliphatic carbocycles. The summed E-state index contributed by atoms with van der Waals surface area (Å²) in [5.41, 5.74) is 1.21. The highest BCUT2D eigenvalue weighted by Gasteiger charge is 2.21. The molecule has 2 heteroatoms. The lowest BCUT2D eigenvalue weighted by Crippen LogP contribution is -2.24. The van der Waals surface area contributed by atoms with Crippen molar-refractivity contribution in [1.29, 1.82) is 0 Å². The molecule has 0 saturated heterocycles. The molecule has 0 bridgehead atoms. The van der Waals surface area contributed by atoms with E-state index in [4.69, 9.17) is 0 Å². The van der Waals surface area contributed by atoms with Crippen molar-refractivity contribution in [1.82, 2.24) is 4.90 Å². The van der Waals surface area contributed by atoms with Crippen LogP contribution in [0.1, 0.15) is 25.7 Å². The third kappa shape index (κ3) is 2.24. The van der Waals surface area contributed by atoms with Gasteiger partial charge < -0.3 is 10.0 Å². The van der Waals surface area contributed by atoms with Crippen LogP contribution in [0.5, 0.6) is 0 Å². The van der Waals surface area contributed by atoms with E-state index < -0.39 is 0 Å². The maximum atomic E-state index is 9.30. The second-order valence-electron chi connectivity index (χ2n) is 3.89. The number of aliphatic hydroxyl groups excluding tert-OH is 1. The summed E-state index contributed by atoms with van der Waals surface area (Å²) in [4.78, 5) is 2.09. The fraction of sp³-hybridized carbons (Fsp3) is 0.800. The molecule has 0 atom stereocenters. The molecule has 1 saturated carbocycles. The zero-order chi connectivity index (χ0) is 9.14. The smallest absolute Gasteiger partial charge is 0.0540 e. The van der Waals surface area contributed by atoms with Gasteiger partial charge in [0.05, 0.1) is 6.10 Å². The minimum absolute atomic E-state index is 0.0591. The molecule has 0 unspecified atom stereocenters. The second kappa shape index (κ2) is 3.94. The predicted octanol–water partition coefficient (Wildman–Crippen LogP) is 1.61. The summed E-state index contributed by atoms with van der Waals surface area (Å²) < 4.78 is 0. The van der Waals surface area contributed by atoms with E-state index in [1.54, 1.807) is 0 Å². The fourth-order valence-corrected chi connectivity index (χ4v) is 1.77. The molecule has 1 N–H and O–H groups in total. The molecule has 2 nitrogen and oxygen atoms in total. The first-order valence-corrected chi connectivity index (χ1v) is 4.65. The molecule has 70 valence electrons. The van der Waals surface area contributed by atoms with E-state index in [-0.39, 0.29) is 6.10 Å². The summed E-state index contributed by atoms with van der Waals surface area (Å²) in [5, 5.41) is 9.30. The standard InChI is InChI=1S/C10H19NO/c1-8(11(2)3)9-4-6-10(12)7-5-9/h9-10,12H,1,4-7H2,2-3H3. The molecule has 12 heavy (non-hydrogen) atoms. The van der Waals surface area contributed by atoms with Crippen molar-refractivity contribution in [2.45, 2.75) is 31.8 Å². The maximum Gasteiger partial charge on any atom is 0.0540 e. The van der Waals surface area contributed by atoms with Gasteiger partial charge in [0.1, 0.15) is 0 Å². The largest absolute Gasteiger partial charge is 0.393 e. The number of nitrogens with zero attached hydrogens (tertiary/aromatic N) is 1. The molecular weight excluding hydrogens is 150 g/mol. The van der Waals surface area contributed by atoms with Crippen LogP contribution in [0, 0.1) is 5.92 Å². The van der Waals surface area contributed by atoms with Crippen LogP contribution in [0.4, 0.5) is 0 Å². The lowest BCUT2D eigenvalue weighted by molar-refractivity contribution is 0.111. The number of rotatable bonds is 2. The first kappa shape index (κ1) is 9.59. The van der Waals surface area contributed by atoms with Gasteiger partial charge in [-0.05, 0) is 31.6 Å². The third-order valence-corrected chi connectivity index (χ3v) is 2.74. The monoisotopic (exact) mass is 169 g/mol. The van der Waals surface area contributed by atoms with E-state index in [0.717, 1.165) is 25.7 Å². The van der Waals surface area contributed by atoms with Gasteiger partial charge in [-0.3, -0.25) is 0 Å². The number of hydrogen-bond acceptors (Lipinski definition) is 2. The number of allylic oxidation sites excluding steroid dienone is 1. The molecule has 0 spiro atoms. The topological polar surface area (TPSA) is 23.5 Å². The maximum absolute atomic E-state index is 9.30. The van der Waals surface area contributed by atoms with E-state index in [1.165, 1.54) is 5.70 Å². The van der Waals surface area contributed by atoms with Crippen LogP contribution in [0.15, 0.2) is 12.3 Å². The summed E-state index contributed by atoms with van der Waals surface area (Å²) in [6, 6.07) is 0. The van der Waals surface area contributed by atoms with E-state index in [2.05, 4.69) is 11.5 Å². The van der Waals surface area contributed by atoms with E-state index in [0.29, 0.717) is 5.92 Å². The summed E-state index contributed by atoms with van der Waals surface area (Å²) in [6.45, 7) is 4.05. The van der Waals surface area contributed by atoms with Gasteiger partial charge in [-0.25, -0.2) is 0 Å². The van der Waals surface area contributed by atoms with Crippen molar-refractivity contribution in [3.8, 4) is 0 Å². The van der Waals surface area contributed by atoms with E-state index >= 15 is 0 Å². The van der Waals surface area contributed by atoms with Gasteiger partial charge in [0, 0.05) is 19.8 Å². The van der Waals surface area contributed by atoms with Crippen LogP contribution < -0.4 is 0 Å². The SMILES string of the molecule is C=C(C1CCC(O)CC1)N(C)C. The molecule has 0 heterocycles. The van der Waals surface area contributed by atoms with Crippen LogP contribution >= 0.6 is 0 Å². The molecule has 0 amide bonds. The summed E-state index contributed by atoms with van der Waals surface area (Å²) in [7, 11) is 4.07. The van der Waals surface area contributed by atoms with Crippen molar-refractivity contribution in [2.24, 2.45) is 5.92 Å². The van der Waals surface area contributed by atoms with Crippen molar-refractivity contribution in [2.75, 3.05) is 14.1 Å². The van der Waals surface area contributed by atoms with Gasteiger partial charge in [-0.2, -0.15) is 0 Å². The van der Waals surface area contributed by atoms with Gasteiger partial charge in [0.2, 0.25) is 0 Å². The van der Waals surface area contributed by atoms with Gasteiger partial charge in [0.15, 0.2) is 0 Å². The molecule has 0 aromatic heterocycles. The molecule has 1 aliphatic rings. The Labute approximate surface area is 74.9 Å². The molecule has 0 aromatic rings. The zero-order valence-electron chi connectivity index (χ0n) is 8.08. The average molecular weight is 169 g/mol. The van der Waals surface area contributed by atoms with Gasteiger partial charge in [-0.1, -0.05) is 6.58 Å². The summed E-state index contributed by atoms with van der Waals surface area (Å²) in [5.74, 6) is 0.600. The van der Waals surface area contributed by atoms with Gasteiger partial charge in [0.25, 0.3) is 0 Å². The van der Waals surface area contributed by atoms with Crippen LogP contribution in [-0.4, -0.2) is 30.2 Å². The Morgan fingerprint density at radius 3 is 2.17 bits per heavy atom. The quantitative estimate of drug-likeness (QED) is 0.679. The highest BCUT2D eigenvalue weighted by molar-refractivity contribution is 4.99. The normalized spacial score (nSPS) is 29.9. The van der Waals surface area contributed by atoms with Crippen molar-refractivity contribution in [3.63, 3.8) is 0 Å². The van der Waals surface area contributed by atoms with Crippen LogP contribution in [0.25, 0.3) is 0 Å². The van der Waals surface area contributed by atoms with Crippen LogP contribution in [0.3, 0.4) is 0 Å². The van der Waals surface area contributed by atoms with E-state index in [1.807, 2.05) is 14.1 Å². The fourth-order valence-electron chi connectivity index (χ4n) is 1.77. The highest BCUT2D eigenvalue weighted by atomic mass is 16.3. The Hall–Kier alpha value is -0.500. The Kier molecular flexibility index (Phi) is 3.15. The van der Waals surface area contributed by atoms with Crippen molar-refractivity contribution in [3.05, 3.63) is 12.3 Å². The van der Waals surface area contributed by atoms with Crippen molar-refractivity contribution < 1.29 is 5.11 Å². The lowest BCUT2D eigenvalue weighted by Gasteiger charge is -2.30. The average Bonchev–Trinajstić information content (AvgIpc) is 2.04. The molecule has 0 aliphatic heterocycles. The molecular formula is C10H19NO. The summed E-state index contributed by atoms with van der Waals surface area (Å²) >= 11 is 0.